The Balaban J connectivity index is 1.81. The van der Waals surface area contributed by atoms with Crippen molar-refractivity contribution in [2.75, 3.05) is 31.1 Å². The number of hydrogen-bond donors (Lipinski definition) is 2. The average Bonchev–Trinajstić information content (AvgIpc) is 2.60. The lowest BCUT2D eigenvalue weighted by Gasteiger charge is -2.32. The largest absolute Gasteiger partial charge is 0.354 e. The standard InChI is InChI=1S/C15H20N6O2/c1-2-17-14(22)15(23)20-10-11-3-7-21(8-4-11)13-12(9-16)18-5-6-19-13/h5-6,11H,2-4,7-8,10H2,1H3,(H,17,22)(H,20,23). The summed E-state index contributed by atoms with van der Waals surface area (Å²) in [4.78, 5) is 33.2. The van der Waals surface area contributed by atoms with Crippen LogP contribution in [0.1, 0.15) is 25.5 Å². The summed E-state index contributed by atoms with van der Waals surface area (Å²) >= 11 is 0. The fourth-order valence-corrected chi connectivity index (χ4v) is 2.55. The van der Waals surface area contributed by atoms with Crippen LogP contribution in [0, 0.1) is 17.2 Å². The van der Waals surface area contributed by atoms with E-state index in [4.69, 9.17) is 5.26 Å². The Labute approximate surface area is 134 Å². The van der Waals surface area contributed by atoms with E-state index >= 15 is 0 Å². The second kappa shape index (κ2) is 8.08. The smallest absolute Gasteiger partial charge is 0.309 e. The molecule has 2 N–H and O–H groups in total. The van der Waals surface area contributed by atoms with Gasteiger partial charge in [0.1, 0.15) is 6.07 Å². The average molecular weight is 316 g/mol. The van der Waals surface area contributed by atoms with Gasteiger partial charge in [-0.15, -0.1) is 0 Å². The molecule has 1 aliphatic heterocycles. The van der Waals surface area contributed by atoms with Crippen molar-refractivity contribution in [3.05, 3.63) is 18.1 Å². The van der Waals surface area contributed by atoms with Gasteiger partial charge in [0.05, 0.1) is 0 Å². The van der Waals surface area contributed by atoms with E-state index in [2.05, 4.69) is 26.7 Å². The number of nitriles is 1. The van der Waals surface area contributed by atoms with E-state index in [0.29, 0.717) is 30.5 Å². The van der Waals surface area contributed by atoms with Crippen LogP contribution in [0.2, 0.25) is 0 Å². The van der Waals surface area contributed by atoms with Gasteiger partial charge in [-0.25, -0.2) is 9.97 Å². The van der Waals surface area contributed by atoms with Crippen LogP contribution in [0.25, 0.3) is 0 Å². The highest BCUT2D eigenvalue weighted by Crippen LogP contribution is 2.22. The Hall–Kier alpha value is -2.69. The minimum atomic E-state index is -0.594. The zero-order valence-electron chi connectivity index (χ0n) is 13.1. The van der Waals surface area contributed by atoms with Gasteiger partial charge in [-0.1, -0.05) is 0 Å². The third kappa shape index (κ3) is 4.39. The molecule has 0 aromatic carbocycles. The number of nitrogens with zero attached hydrogens (tertiary/aromatic N) is 4. The zero-order chi connectivity index (χ0) is 16.7. The lowest BCUT2D eigenvalue weighted by atomic mass is 9.96. The van der Waals surface area contributed by atoms with Crippen LogP contribution in [0.5, 0.6) is 0 Å². The van der Waals surface area contributed by atoms with Gasteiger partial charge in [0.25, 0.3) is 0 Å². The molecule has 0 radical (unpaired) electrons. The van der Waals surface area contributed by atoms with Crippen LogP contribution < -0.4 is 15.5 Å². The van der Waals surface area contributed by atoms with E-state index in [9.17, 15) is 9.59 Å². The molecule has 1 fully saturated rings. The summed E-state index contributed by atoms with van der Waals surface area (Å²) in [5, 5.41) is 14.2. The molecule has 2 heterocycles. The first kappa shape index (κ1) is 16.7. The van der Waals surface area contributed by atoms with Crippen molar-refractivity contribution in [1.29, 1.82) is 5.26 Å². The molecule has 0 aliphatic carbocycles. The quantitative estimate of drug-likeness (QED) is 0.745. The molecule has 1 aromatic heterocycles. The van der Waals surface area contributed by atoms with Gasteiger partial charge < -0.3 is 15.5 Å². The van der Waals surface area contributed by atoms with Crippen LogP contribution >= 0.6 is 0 Å². The summed E-state index contributed by atoms with van der Waals surface area (Å²) in [5.41, 5.74) is 0.329. The first-order chi connectivity index (χ1) is 11.2. The molecule has 1 saturated heterocycles. The second-order valence-electron chi connectivity index (χ2n) is 5.34. The third-order valence-corrected chi connectivity index (χ3v) is 3.79. The van der Waals surface area contributed by atoms with Crippen molar-refractivity contribution < 1.29 is 9.59 Å². The summed E-state index contributed by atoms with van der Waals surface area (Å²) in [5.74, 6) is -0.259. The number of likely N-dealkylation sites (N-methyl/N-ethyl adjacent to an activating group) is 1. The topological polar surface area (TPSA) is 111 Å². The molecule has 8 heteroatoms. The van der Waals surface area contributed by atoms with E-state index in [0.717, 1.165) is 25.9 Å². The van der Waals surface area contributed by atoms with Crippen LogP contribution in [0.15, 0.2) is 12.4 Å². The summed E-state index contributed by atoms with van der Waals surface area (Å²) in [6.45, 7) is 4.17. The molecule has 0 bridgehead atoms. The van der Waals surface area contributed by atoms with Gasteiger partial charge in [-0.3, -0.25) is 9.59 Å². The normalized spacial score (nSPS) is 14.9. The summed E-state index contributed by atoms with van der Waals surface area (Å²) in [6.07, 6.45) is 4.80. The summed E-state index contributed by atoms with van der Waals surface area (Å²) in [6, 6.07) is 2.05. The van der Waals surface area contributed by atoms with Gasteiger partial charge >= 0.3 is 11.8 Å². The zero-order valence-corrected chi connectivity index (χ0v) is 13.1. The Bertz CT molecular complexity index is 604. The van der Waals surface area contributed by atoms with Crippen LogP contribution in [0.3, 0.4) is 0 Å². The Morgan fingerprint density at radius 2 is 1.91 bits per heavy atom. The highest BCUT2D eigenvalue weighted by molar-refractivity contribution is 6.35. The van der Waals surface area contributed by atoms with E-state index in [-0.39, 0.29) is 0 Å². The molecule has 1 aliphatic rings. The number of rotatable bonds is 4. The fraction of sp³-hybridized carbons (Fsp3) is 0.533. The maximum atomic E-state index is 11.6. The monoisotopic (exact) mass is 316 g/mol. The number of amides is 2. The van der Waals surface area contributed by atoms with Crippen LogP contribution in [-0.4, -0.2) is 48.0 Å². The van der Waals surface area contributed by atoms with Crippen molar-refractivity contribution >= 4 is 17.6 Å². The van der Waals surface area contributed by atoms with Crippen molar-refractivity contribution in [3.63, 3.8) is 0 Å². The number of hydrogen-bond acceptors (Lipinski definition) is 6. The third-order valence-electron chi connectivity index (χ3n) is 3.79. The van der Waals surface area contributed by atoms with E-state index in [1.54, 1.807) is 13.1 Å². The minimum absolute atomic E-state index is 0.312. The van der Waals surface area contributed by atoms with Crippen molar-refractivity contribution in [3.8, 4) is 6.07 Å². The minimum Gasteiger partial charge on any atom is -0.354 e. The van der Waals surface area contributed by atoms with Crippen molar-refractivity contribution in [2.24, 2.45) is 5.92 Å². The highest BCUT2D eigenvalue weighted by Gasteiger charge is 2.23. The second-order valence-corrected chi connectivity index (χ2v) is 5.34. The number of anilines is 1. The number of carbonyl (C=O) groups is 2. The highest BCUT2D eigenvalue weighted by atomic mass is 16.2. The van der Waals surface area contributed by atoms with E-state index < -0.39 is 11.8 Å². The number of nitrogens with one attached hydrogen (secondary N) is 2. The molecule has 0 atom stereocenters. The van der Waals surface area contributed by atoms with Crippen molar-refractivity contribution in [1.82, 2.24) is 20.6 Å². The maximum absolute atomic E-state index is 11.6. The van der Waals surface area contributed by atoms with Crippen LogP contribution in [0.4, 0.5) is 5.82 Å². The molecule has 122 valence electrons. The Morgan fingerprint density at radius 3 is 2.57 bits per heavy atom. The number of carbonyl (C=O) groups excluding carboxylic acids is 2. The van der Waals surface area contributed by atoms with E-state index in [1.807, 2.05) is 4.90 Å². The van der Waals surface area contributed by atoms with Gasteiger partial charge in [-0.05, 0) is 25.7 Å². The summed E-state index contributed by atoms with van der Waals surface area (Å²) in [7, 11) is 0. The molecule has 1 aromatic rings. The molecule has 23 heavy (non-hydrogen) atoms. The van der Waals surface area contributed by atoms with Gasteiger partial charge in [0.15, 0.2) is 11.5 Å². The molecular formula is C15H20N6O2. The molecule has 0 saturated carbocycles. The molecule has 0 spiro atoms. The predicted molar refractivity (Wildman–Crippen MR) is 83.4 cm³/mol. The summed E-state index contributed by atoms with van der Waals surface area (Å²) < 4.78 is 0. The Morgan fingerprint density at radius 1 is 1.26 bits per heavy atom. The van der Waals surface area contributed by atoms with E-state index in [1.165, 1.54) is 6.20 Å². The van der Waals surface area contributed by atoms with Crippen LogP contribution in [-0.2, 0) is 9.59 Å². The lowest BCUT2D eigenvalue weighted by molar-refractivity contribution is -0.139. The molecule has 2 amide bonds. The maximum Gasteiger partial charge on any atom is 0.309 e. The van der Waals surface area contributed by atoms with Gasteiger partial charge in [-0.2, -0.15) is 5.26 Å². The molecule has 8 nitrogen and oxygen atoms in total. The Kier molecular flexibility index (Phi) is 5.86. The fourth-order valence-electron chi connectivity index (χ4n) is 2.55. The predicted octanol–water partition coefficient (Wildman–Crippen LogP) is -0.183. The number of aromatic nitrogens is 2. The van der Waals surface area contributed by atoms with Gasteiger partial charge in [0, 0.05) is 38.6 Å². The first-order valence-electron chi connectivity index (χ1n) is 7.67. The SMILES string of the molecule is CCNC(=O)C(=O)NCC1CCN(c2nccnc2C#N)CC1. The van der Waals surface area contributed by atoms with Crippen molar-refractivity contribution in [2.45, 2.75) is 19.8 Å². The lowest BCUT2D eigenvalue weighted by Crippen LogP contribution is -2.44. The van der Waals surface area contributed by atoms with Gasteiger partial charge in [0.2, 0.25) is 0 Å². The number of piperidine rings is 1. The molecule has 0 unspecified atom stereocenters. The molecular weight excluding hydrogens is 296 g/mol. The first-order valence-corrected chi connectivity index (χ1v) is 7.67. The molecule has 2 rings (SSSR count).